The lowest BCUT2D eigenvalue weighted by atomic mass is 9.80. The molecule has 0 aromatic rings. The lowest BCUT2D eigenvalue weighted by Gasteiger charge is -2.39. The molecule has 0 bridgehead atoms. The molecule has 1 heterocycles. The van der Waals surface area contributed by atoms with Crippen LogP contribution in [0.1, 0.15) is 58.3 Å². The number of carboxylic acid groups (broad SMARTS) is 1. The van der Waals surface area contributed by atoms with Crippen molar-refractivity contribution in [3.63, 3.8) is 0 Å². The first-order valence-electron chi connectivity index (χ1n) is 8.19. The maximum absolute atomic E-state index is 12.6. The van der Waals surface area contributed by atoms with Crippen LogP contribution in [-0.4, -0.2) is 53.1 Å². The van der Waals surface area contributed by atoms with Gasteiger partial charge in [-0.05, 0) is 32.6 Å². The Labute approximate surface area is 127 Å². The number of amides is 2. The van der Waals surface area contributed by atoms with Gasteiger partial charge in [-0.15, -0.1) is 0 Å². The second kappa shape index (κ2) is 6.67. The van der Waals surface area contributed by atoms with Gasteiger partial charge in [0.15, 0.2) is 0 Å². The summed E-state index contributed by atoms with van der Waals surface area (Å²) in [5.74, 6) is -0.744. The molecule has 0 unspecified atom stereocenters. The Morgan fingerprint density at radius 1 is 1.10 bits per heavy atom. The lowest BCUT2D eigenvalue weighted by Crippen LogP contribution is -2.51. The van der Waals surface area contributed by atoms with Gasteiger partial charge >= 0.3 is 12.0 Å². The topological polar surface area (TPSA) is 60.9 Å². The van der Waals surface area contributed by atoms with Gasteiger partial charge in [0.25, 0.3) is 0 Å². The number of rotatable bonds is 2. The highest BCUT2D eigenvalue weighted by atomic mass is 16.4. The molecule has 5 nitrogen and oxygen atoms in total. The second-order valence-corrected chi connectivity index (χ2v) is 6.89. The van der Waals surface area contributed by atoms with Crippen molar-refractivity contribution in [3.8, 4) is 0 Å². The molecule has 21 heavy (non-hydrogen) atoms. The van der Waals surface area contributed by atoms with Crippen molar-refractivity contribution in [2.75, 3.05) is 20.1 Å². The van der Waals surface area contributed by atoms with Crippen LogP contribution < -0.4 is 0 Å². The first-order valence-corrected chi connectivity index (χ1v) is 8.19. The van der Waals surface area contributed by atoms with Crippen LogP contribution in [0.4, 0.5) is 4.79 Å². The van der Waals surface area contributed by atoms with E-state index in [9.17, 15) is 14.7 Å². The zero-order valence-electron chi connectivity index (χ0n) is 13.3. The van der Waals surface area contributed by atoms with E-state index in [1.165, 1.54) is 25.7 Å². The highest BCUT2D eigenvalue weighted by Crippen LogP contribution is 2.32. The van der Waals surface area contributed by atoms with Gasteiger partial charge in [0.1, 0.15) is 0 Å². The molecule has 0 spiro atoms. The van der Waals surface area contributed by atoms with Gasteiger partial charge in [-0.2, -0.15) is 0 Å². The zero-order valence-corrected chi connectivity index (χ0v) is 13.3. The van der Waals surface area contributed by atoms with E-state index in [0.717, 1.165) is 12.8 Å². The van der Waals surface area contributed by atoms with Gasteiger partial charge in [-0.25, -0.2) is 4.79 Å². The van der Waals surface area contributed by atoms with Gasteiger partial charge in [0.2, 0.25) is 0 Å². The number of nitrogens with zero attached hydrogens (tertiary/aromatic N) is 2. The molecule has 1 aliphatic heterocycles. The van der Waals surface area contributed by atoms with E-state index in [0.29, 0.717) is 32.0 Å². The summed E-state index contributed by atoms with van der Waals surface area (Å²) < 4.78 is 0. The van der Waals surface area contributed by atoms with E-state index in [2.05, 4.69) is 0 Å². The Hall–Kier alpha value is -1.26. The quantitative estimate of drug-likeness (QED) is 0.797. The van der Waals surface area contributed by atoms with Crippen LogP contribution in [0.15, 0.2) is 0 Å². The van der Waals surface area contributed by atoms with Crippen molar-refractivity contribution in [2.45, 2.75) is 64.3 Å². The molecule has 2 rings (SSSR count). The number of piperidine rings is 1. The number of hydrogen-bond acceptors (Lipinski definition) is 2. The van der Waals surface area contributed by atoms with Crippen LogP contribution in [0.2, 0.25) is 0 Å². The largest absolute Gasteiger partial charge is 0.481 e. The van der Waals surface area contributed by atoms with Crippen LogP contribution in [-0.2, 0) is 4.79 Å². The summed E-state index contributed by atoms with van der Waals surface area (Å²) in [4.78, 5) is 27.6. The summed E-state index contributed by atoms with van der Waals surface area (Å²) in [5, 5.41) is 9.25. The molecule has 2 amide bonds. The fraction of sp³-hybridized carbons (Fsp3) is 0.875. The summed E-state index contributed by atoms with van der Waals surface area (Å²) in [6.45, 7) is 2.89. The third kappa shape index (κ3) is 3.69. The summed E-state index contributed by atoms with van der Waals surface area (Å²) in [5.41, 5.74) is -0.669. The Bertz CT molecular complexity index is 381. The summed E-state index contributed by atoms with van der Waals surface area (Å²) >= 11 is 0. The van der Waals surface area contributed by atoms with E-state index in [1.807, 2.05) is 16.8 Å². The van der Waals surface area contributed by atoms with E-state index >= 15 is 0 Å². The van der Waals surface area contributed by atoms with Crippen molar-refractivity contribution in [2.24, 2.45) is 5.41 Å². The molecule has 5 heteroatoms. The number of aliphatic carboxylic acids is 1. The molecule has 1 saturated heterocycles. The van der Waals surface area contributed by atoms with Gasteiger partial charge in [-0.1, -0.05) is 25.7 Å². The minimum Gasteiger partial charge on any atom is -0.481 e. The number of carbonyl (C=O) groups is 2. The minimum atomic E-state index is -0.744. The van der Waals surface area contributed by atoms with E-state index in [1.54, 1.807) is 6.92 Å². The molecule has 0 atom stereocenters. The fourth-order valence-corrected chi connectivity index (χ4v) is 3.43. The van der Waals surface area contributed by atoms with Crippen LogP contribution >= 0.6 is 0 Å². The lowest BCUT2D eigenvalue weighted by molar-refractivity contribution is -0.150. The average molecular weight is 296 g/mol. The number of carbonyl (C=O) groups excluding carboxylic acids is 1. The predicted octanol–water partition coefficient (Wildman–Crippen LogP) is 2.95. The Morgan fingerprint density at radius 3 is 2.10 bits per heavy atom. The smallest absolute Gasteiger partial charge is 0.319 e. The molecule has 1 saturated carbocycles. The summed E-state index contributed by atoms with van der Waals surface area (Å²) in [6.07, 6.45) is 8.27. The number of carboxylic acids is 1. The Balaban J connectivity index is 1.90. The van der Waals surface area contributed by atoms with Crippen molar-refractivity contribution in [1.82, 2.24) is 9.80 Å². The molecule has 0 radical (unpaired) electrons. The van der Waals surface area contributed by atoms with E-state index in [4.69, 9.17) is 0 Å². The molecule has 0 aromatic heterocycles. The van der Waals surface area contributed by atoms with Crippen molar-refractivity contribution in [3.05, 3.63) is 0 Å². The van der Waals surface area contributed by atoms with Crippen LogP contribution in [0.3, 0.4) is 0 Å². The first kappa shape index (κ1) is 16.1. The second-order valence-electron chi connectivity index (χ2n) is 6.89. The van der Waals surface area contributed by atoms with Gasteiger partial charge < -0.3 is 14.9 Å². The zero-order chi connectivity index (χ0) is 15.5. The monoisotopic (exact) mass is 296 g/mol. The minimum absolute atomic E-state index is 0.0781. The Morgan fingerprint density at radius 2 is 1.62 bits per heavy atom. The molecule has 2 fully saturated rings. The number of likely N-dealkylation sites (tertiary alicyclic amines) is 1. The maximum Gasteiger partial charge on any atom is 0.319 e. The number of urea groups is 1. The van der Waals surface area contributed by atoms with E-state index < -0.39 is 11.4 Å². The molecule has 1 aliphatic carbocycles. The molecular formula is C16H28N2O3. The standard InChI is InChI=1S/C16H28N2O3/c1-16(14(19)20)9-11-18(12-10-16)15(21)17(2)13-7-5-3-4-6-8-13/h13H,3-12H2,1-2H3,(H,19,20). The van der Waals surface area contributed by atoms with Crippen LogP contribution in [0, 0.1) is 5.41 Å². The SMILES string of the molecule is CN(C(=O)N1CCC(C)(C(=O)O)CC1)C1CCCCCC1. The molecule has 120 valence electrons. The third-order valence-corrected chi connectivity index (χ3v) is 5.33. The first-order chi connectivity index (χ1) is 9.94. The third-order valence-electron chi connectivity index (χ3n) is 5.33. The van der Waals surface area contributed by atoms with Gasteiger partial charge in [0.05, 0.1) is 5.41 Å². The highest BCUT2D eigenvalue weighted by Gasteiger charge is 2.39. The van der Waals surface area contributed by atoms with Crippen LogP contribution in [0.25, 0.3) is 0 Å². The molecule has 1 N–H and O–H groups in total. The molecular weight excluding hydrogens is 268 g/mol. The van der Waals surface area contributed by atoms with Crippen LogP contribution in [0.5, 0.6) is 0 Å². The van der Waals surface area contributed by atoms with Gasteiger partial charge in [0, 0.05) is 26.2 Å². The highest BCUT2D eigenvalue weighted by molar-refractivity contribution is 5.77. The fourth-order valence-electron chi connectivity index (χ4n) is 3.43. The summed E-state index contributed by atoms with van der Waals surface area (Å²) in [7, 11) is 1.91. The van der Waals surface area contributed by atoms with Crippen molar-refractivity contribution in [1.29, 1.82) is 0 Å². The number of hydrogen-bond donors (Lipinski definition) is 1. The molecule has 0 aromatic carbocycles. The normalized spacial score (nSPS) is 23.4. The van der Waals surface area contributed by atoms with Gasteiger partial charge in [-0.3, -0.25) is 4.79 Å². The predicted molar refractivity (Wildman–Crippen MR) is 81.2 cm³/mol. The average Bonchev–Trinajstić information content (AvgIpc) is 2.75. The molecule has 2 aliphatic rings. The summed E-state index contributed by atoms with van der Waals surface area (Å²) in [6, 6.07) is 0.433. The maximum atomic E-state index is 12.6. The van der Waals surface area contributed by atoms with E-state index in [-0.39, 0.29) is 6.03 Å². The van der Waals surface area contributed by atoms with Crippen molar-refractivity contribution < 1.29 is 14.7 Å². The van der Waals surface area contributed by atoms with Crippen molar-refractivity contribution >= 4 is 12.0 Å². The Kier molecular flexibility index (Phi) is 5.12.